The van der Waals surface area contributed by atoms with Crippen LogP contribution < -0.4 is 5.32 Å². The van der Waals surface area contributed by atoms with Gasteiger partial charge in [-0.05, 0) is 36.8 Å². The second-order valence-corrected chi connectivity index (χ2v) is 5.91. The van der Waals surface area contributed by atoms with E-state index in [-0.39, 0.29) is 11.6 Å². The van der Waals surface area contributed by atoms with Crippen molar-refractivity contribution in [2.45, 2.75) is 43.9 Å². The summed E-state index contributed by atoms with van der Waals surface area (Å²) in [5.74, 6) is 1.37. The first kappa shape index (κ1) is 13.0. The van der Waals surface area contributed by atoms with E-state index in [1.54, 1.807) is 7.11 Å². The first-order valence-corrected chi connectivity index (χ1v) is 7.50. The van der Waals surface area contributed by atoms with Crippen molar-refractivity contribution in [1.29, 1.82) is 0 Å². The summed E-state index contributed by atoms with van der Waals surface area (Å²) in [5.41, 5.74) is 2.39. The fourth-order valence-electron chi connectivity index (χ4n) is 3.21. The Morgan fingerprint density at radius 3 is 2.81 bits per heavy atom. The molecule has 5 nitrogen and oxygen atoms in total. The number of nitrogens with zero attached hydrogens (tertiary/aromatic N) is 2. The van der Waals surface area contributed by atoms with E-state index in [0.29, 0.717) is 11.7 Å². The molecule has 5 heteroatoms. The molecule has 21 heavy (non-hydrogen) atoms. The number of nitrogens with one attached hydrogen (secondary N) is 1. The van der Waals surface area contributed by atoms with Gasteiger partial charge in [0.25, 0.3) is 0 Å². The zero-order chi connectivity index (χ0) is 14.3. The number of hydrogen-bond acceptors (Lipinski definition) is 5. The van der Waals surface area contributed by atoms with Crippen molar-refractivity contribution in [3.05, 3.63) is 47.1 Å². The lowest BCUT2D eigenvalue weighted by atomic mass is 9.79. The molecule has 1 saturated carbocycles. The Morgan fingerprint density at radius 1 is 1.29 bits per heavy atom. The third kappa shape index (κ3) is 2.08. The van der Waals surface area contributed by atoms with Gasteiger partial charge in [-0.15, -0.1) is 0 Å². The first-order valence-electron chi connectivity index (χ1n) is 7.50. The van der Waals surface area contributed by atoms with E-state index < -0.39 is 0 Å². The monoisotopic (exact) mass is 285 g/mol. The Balaban J connectivity index is 1.57. The third-order valence-corrected chi connectivity index (χ3v) is 4.78. The molecule has 0 saturated heterocycles. The molecule has 2 aromatic rings. The molecule has 1 fully saturated rings. The average Bonchev–Trinajstić information content (AvgIpc) is 2.96. The lowest BCUT2D eigenvalue weighted by molar-refractivity contribution is -0.0858. The fourth-order valence-corrected chi connectivity index (χ4v) is 3.21. The second kappa shape index (κ2) is 4.93. The minimum atomic E-state index is -0.311. The molecule has 2 aliphatic rings. The van der Waals surface area contributed by atoms with E-state index in [0.717, 1.165) is 32.2 Å². The Bertz CT molecular complexity index is 643. The van der Waals surface area contributed by atoms with Crippen molar-refractivity contribution >= 4 is 0 Å². The van der Waals surface area contributed by atoms with Crippen LogP contribution in [0.5, 0.6) is 0 Å². The van der Waals surface area contributed by atoms with E-state index in [2.05, 4.69) is 39.7 Å². The standard InChI is InChI=1S/C16H19N3O2/c1-20-16(7-4-8-16)15-18-14(21-19-15)13-9-11-5-2-3-6-12(11)10-17-13/h2-3,5-6,13,17H,4,7-10H2,1H3/t13-/m0/s1. The SMILES string of the molecule is COC1(c2noc([C@@H]3Cc4ccccc4CN3)n2)CCC1. The minimum Gasteiger partial charge on any atom is -0.370 e. The highest BCUT2D eigenvalue weighted by atomic mass is 16.5. The number of fused-ring (bicyclic) bond motifs is 1. The van der Waals surface area contributed by atoms with Gasteiger partial charge in [-0.25, -0.2) is 0 Å². The van der Waals surface area contributed by atoms with Crippen molar-refractivity contribution < 1.29 is 9.26 Å². The Hall–Kier alpha value is -1.72. The summed E-state index contributed by atoms with van der Waals surface area (Å²) >= 11 is 0. The summed E-state index contributed by atoms with van der Waals surface area (Å²) in [6.07, 6.45) is 4.00. The number of rotatable bonds is 3. The van der Waals surface area contributed by atoms with Crippen molar-refractivity contribution in [2.75, 3.05) is 7.11 Å². The Morgan fingerprint density at radius 2 is 2.10 bits per heavy atom. The average molecular weight is 285 g/mol. The lowest BCUT2D eigenvalue weighted by Crippen LogP contribution is -2.37. The molecule has 0 amide bonds. The molecule has 4 rings (SSSR count). The summed E-state index contributed by atoms with van der Waals surface area (Å²) in [6.45, 7) is 0.841. The minimum absolute atomic E-state index is 0.0927. The van der Waals surface area contributed by atoms with Crippen LogP contribution >= 0.6 is 0 Å². The van der Waals surface area contributed by atoms with Gasteiger partial charge in [-0.2, -0.15) is 4.98 Å². The van der Waals surface area contributed by atoms with Crippen LogP contribution in [0.1, 0.15) is 48.1 Å². The van der Waals surface area contributed by atoms with E-state index in [1.807, 2.05) is 0 Å². The molecule has 0 radical (unpaired) electrons. The number of hydrogen-bond donors (Lipinski definition) is 1. The molecular weight excluding hydrogens is 266 g/mol. The highest BCUT2D eigenvalue weighted by Crippen LogP contribution is 2.43. The number of methoxy groups -OCH3 is 1. The fraction of sp³-hybridized carbons (Fsp3) is 0.500. The normalized spacial score (nSPS) is 23.4. The van der Waals surface area contributed by atoms with Crippen LogP contribution in [-0.2, 0) is 23.3 Å². The number of benzene rings is 1. The van der Waals surface area contributed by atoms with Gasteiger partial charge in [-0.1, -0.05) is 29.4 Å². The molecule has 0 bridgehead atoms. The predicted molar refractivity (Wildman–Crippen MR) is 76.6 cm³/mol. The molecular formula is C16H19N3O2. The van der Waals surface area contributed by atoms with E-state index in [4.69, 9.17) is 9.26 Å². The maximum absolute atomic E-state index is 5.61. The van der Waals surface area contributed by atoms with Crippen LogP contribution in [0.3, 0.4) is 0 Å². The van der Waals surface area contributed by atoms with Gasteiger partial charge >= 0.3 is 0 Å². The van der Waals surface area contributed by atoms with Gasteiger partial charge in [0.05, 0.1) is 6.04 Å². The van der Waals surface area contributed by atoms with Crippen LogP contribution in [0, 0.1) is 0 Å². The smallest absolute Gasteiger partial charge is 0.244 e. The van der Waals surface area contributed by atoms with Crippen LogP contribution in [0.2, 0.25) is 0 Å². The van der Waals surface area contributed by atoms with Crippen LogP contribution in [0.15, 0.2) is 28.8 Å². The maximum Gasteiger partial charge on any atom is 0.244 e. The topological polar surface area (TPSA) is 60.2 Å². The van der Waals surface area contributed by atoms with Crippen molar-refractivity contribution in [3.63, 3.8) is 0 Å². The zero-order valence-corrected chi connectivity index (χ0v) is 12.1. The van der Waals surface area contributed by atoms with Crippen molar-refractivity contribution in [3.8, 4) is 0 Å². The largest absolute Gasteiger partial charge is 0.370 e. The zero-order valence-electron chi connectivity index (χ0n) is 12.1. The Labute approximate surface area is 123 Å². The summed E-state index contributed by atoms with van der Waals surface area (Å²) in [7, 11) is 1.73. The summed E-state index contributed by atoms with van der Waals surface area (Å²) < 4.78 is 11.1. The summed E-state index contributed by atoms with van der Waals surface area (Å²) in [5, 5.41) is 7.63. The van der Waals surface area contributed by atoms with E-state index in [1.165, 1.54) is 11.1 Å². The number of ether oxygens (including phenoxy) is 1. The van der Waals surface area contributed by atoms with Gasteiger partial charge in [0.15, 0.2) is 0 Å². The molecule has 1 aliphatic carbocycles. The van der Waals surface area contributed by atoms with Gasteiger partial charge in [0.1, 0.15) is 5.60 Å². The molecule has 1 aromatic carbocycles. The number of aromatic nitrogens is 2. The third-order valence-electron chi connectivity index (χ3n) is 4.78. The molecule has 2 heterocycles. The molecule has 0 spiro atoms. The van der Waals surface area contributed by atoms with Gasteiger partial charge in [0.2, 0.25) is 11.7 Å². The molecule has 1 aliphatic heterocycles. The van der Waals surface area contributed by atoms with Crippen molar-refractivity contribution in [1.82, 2.24) is 15.5 Å². The Kier molecular flexibility index (Phi) is 3.05. The molecule has 1 N–H and O–H groups in total. The van der Waals surface area contributed by atoms with Gasteiger partial charge in [-0.3, -0.25) is 0 Å². The lowest BCUT2D eigenvalue weighted by Gasteiger charge is -2.37. The van der Waals surface area contributed by atoms with E-state index in [9.17, 15) is 0 Å². The molecule has 1 atom stereocenters. The van der Waals surface area contributed by atoms with Crippen LogP contribution in [0.25, 0.3) is 0 Å². The highest BCUT2D eigenvalue weighted by Gasteiger charge is 2.43. The van der Waals surface area contributed by atoms with Gasteiger partial charge < -0.3 is 14.6 Å². The van der Waals surface area contributed by atoms with Crippen LogP contribution in [0.4, 0.5) is 0 Å². The molecule has 110 valence electrons. The maximum atomic E-state index is 5.61. The first-order chi connectivity index (χ1) is 10.3. The second-order valence-electron chi connectivity index (χ2n) is 5.91. The highest BCUT2D eigenvalue weighted by molar-refractivity contribution is 5.30. The molecule has 0 unspecified atom stereocenters. The van der Waals surface area contributed by atoms with Crippen molar-refractivity contribution in [2.24, 2.45) is 0 Å². The van der Waals surface area contributed by atoms with E-state index >= 15 is 0 Å². The van der Waals surface area contributed by atoms with Crippen LogP contribution in [-0.4, -0.2) is 17.3 Å². The summed E-state index contributed by atoms with van der Waals surface area (Å²) in [4.78, 5) is 4.61. The quantitative estimate of drug-likeness (QED) is 0.938. The molecule has 1 aromatic heterocycles. The van der Waals surface area contributed by atoms with Gasteiger partial charge in [0, 0.05) is 13.7 Å². The predicted octanol–water partition coefficient (Wildman–Crippen LogP) is 2.48. The summed E-state index contributed by atoms with van der Waals surface area (Å²) in [6, 6.07) is 8.57.